The van der Waals surface area contributed by atoms with Gasteiger partial charge in [-0.1, -0.05) is 27.2 Å². The van der Waals surface area contributed by atoms with Crippen LogP contribution in [0.3, 0.4) is 0 Å². The lowest BCUT2D eigenvalue weighted by atomic mass is 9.75. The van der Waals surface area contributed by atoms with Crippen LogP contribution in [-0.2, 0) is 6.42 Å². The summed E-state index contributed by atoms with van der Waals surface area (Å²) in [4.78, 5) is 12.9. The fourth-order valence-electron chi connectivity index (χ4n) is 3.69. The Bertz CT molecular complexity index is 999. The molecule has 0 fully saturated rings. The molecule has 8 heteroatoms. The number of ether oxygens (including phenoxy) is 1. The molecule has 166 valence electrons. The van der Waals surface area contributed by atoms with Gasteiger partial charge in [-0.2, -0.15) is 5.10 Å². The van der Waals surface area contributed by atoms with Gasteiger partial charge in [0.05, 0.1) is 12.3 Å². The van der Waals surface area contributed by atoms with E-state index in [9.17, 15) is 4.79 Å². The standard InChI is InChI=1S/C23H31N5O3/c1-5-6-11-30-16-9-7-15(8-10-16)26-21(29)20-14(2)19-17(27-28-22(24)25)12-23(3,4)13-18(19)31-20/h7-10H,5-6,11-13H2,1-4H3,(H,26,29)(H4,24,25,28)/b27-17-. The molecule has 1 aliphatic rings. The molecule has 0 saturated carbocycles. The van der Waals surface area contributed by atoms with Crippen LogP contribution in [0.15, 0.2) is 38.9 Å². The van der Waals surface area contributed by atoms with Crippen molar-refractivity contribution in [2.45, 2.75) is 53.4 Å². The zero-order chi connectivity index (χ0) is 22.6. The van der Waals surface area contributed by atoms with Crippen molar-refractivity contribution in [3.8, 4) is 5.75 Å². The Morgan fingerprint density at radius 3 is 2.58 bits per heavy atom. The number of nitrogens with one attached hydrogen (secondary N) is 1. The van der Waals surface area contributed by atoms with E-state index >= 15 is 0 Å². The summed E-state index contributed by atoms with van der Waals surface area (Å²) in [5, 5.41) is 10.9. The number of carbonyl (C=O) groups is 1. The van der Waals surface area contributed by atoms with Crippen molar-refractivity contribution in [1.29, 1.82) is 0 Å². The summed E-state index contributed by atoms with van der Waals surface area (Å²) in [6, 6.07) is 7.31. The molecule has 3 rings (SSSR count). The number of fused-ring (bicyclic) bond motifs is 1. The second-order valence-electron chi connectivity index (χ2n) is 8.62. The van der Waals surface area contributed by atoms with Gasteiger partial charge in [-0.3, -0.25) is 4.79 Å². The number of anilines is 1. The van der Waals surface area contributed by atoms with Gasteiger partial charge in [0, 0.05) is 23.2 Å². The van der Waals surface area contributed by atoms with E-state index in [2.05, 4.69) is 36.3 Å². The number of furan rings is 1. The van der Waals surface area contributed by atoms with Crippen molar-refractivity contribution < 1.29 is 13.9 Å². The SMILES string of the molecule is CCCCOc1ccc(NC(=O)c2oc3c(c2C)/C(=N\N=C(N)N)CC(C)(C)C3)cc1. The van der Waals surface area contributed by atoms with E-state index in [1.807, 2.05) is 31.2 Å². The fraction of sp³-hybridized carbons (Fsp3) is 0.435. The van der Waals surface area contributed by atoms with E-state index < -0.39 is 0 Å². The van der Waals surface area contributed by atoms with E-state index in [1.54, 1.807) is 0 Å². The maximum Gasteiger partial charge on any atom is 0.291 e. The topological polar surface area (TPSA) is 128 Å². The Morgan fingerprint density at radius 1 is 1.23 bits per heavy atom. The highest BCUT2D eigenvalue weighted by atomic mass is 16.5. The molecule has 8 nitrogen and oxygen atoms in total. The summed E-state index contributed by atoms with van der Waals surface area (Å²) in [6.45, 7) is 8.88. The average Bonchev–Trinajstić information content (AvgIpc) is 3.03. The second-order valence-corrected chi connectivity index (χ2v) is 8.62. The summed E-state index contributed by atoms with van der Waals surface area (Å²) >= 11 is 0. The number of unbranched alkanes of at least 4 members (excludes halogenated alkanes) is 1. The maximum atomic E-state index is 12.9. The van der Waals surface area contributed by atoms with Crippen molar-refractivity contribution in [3.05, 3.63) is 46.9 Å². The van der Waals surface area contributed by atoms with Gasteiger partial charge >= 0.3 is 0 Å². The van der Waals surface area contributed by atoms with Crippen LogP contribution in [0.5, 0.6) is 5.75 Å². The minimum atomic E-state index is -0.314. The molecule has 1 aromatic carbocycles. The summed E-state index contributed by atoms with van der Waals surface area (Å²) in [5.41, 5.74) is 13.7. The third-order valence-corrected chi connectivity index (χ3v) is 5.16. The zero-order valence-corrected chi connectivity index (χ0v) is 18.6. The summed E-state index contributed by atoms with van der Waals surface area (Å²) < 4.78 is 11.7. The second kappa shape index (κ2) is 9.24. The third-order valence-electron chi connectivity index (χ3n) is 5.16. The van der Waals surface area contributed by atoms with Crippen molar-refractivity contribution in [1.82, 2.24) is 0 Å². The first-order valence-corrected chi connectivity index (χ1v) is 10.5. The average molecular weight is 426 g/mol. The Labute approximate surface area is 182 Å². The van der Waals surface area contributed by atoms with E-state index in [0.29, 0.717) is 30.8 Å². The predicted octanol–water partition coefficient (Wildman–Crippen LogP) is 3.97. The van der Waals surface area contributed by atoms with Crippen LogP contribution < -0.4 is 21.5 Å². The van der Waals surface area contributed by atoms with Gasteiger partial charge in [-0.15, -0.1) is 5.10 Å². The minimum Gasteiger partial charge on any atom is -0.494 e. The van der Waals surface area contributed by atoms with Crippen LogP contribution in [0, 0.1) is 12.3 Å². The fourth-order valence-corrected chi connectivity index (χ4v) is 3.69. The van der Waals surface area contributed by atoms with E-state index in [0.717, 1.165) is 35.5 Å². The molecule has 31 heavy (non-hydrogen) atoms. The summed E-state index contributed by atoms with van der Waals surface area (Å²) in [5.74, 6) is 1.34. The Hall–Kier alpha value is -3.29. The number of rotatable bonds is 7. The van der Waals surface area contributed by atoms with E-state index in [-0.39, 0.29) is 23.0 Å². The molecule has 0 saturated heterocycles. The lowest BCUT2D eigenvalue weighted by molar-refractivity contribution is 0.0993. The molecule has 2 aromatic rings. The lowest BCUT2D eigenvalue weighted by Crippen LogP contribution is -2.27. The maximum absolute atomic E-state index is 12.9. The van der Waals surface area contributed by atoms with Gasteiger partial charge in [0.1, 0.15) is 11.5 Å². The molecule has 1 amide bonds. The molecular formula is C23H31N5O3. The molecule has 0 bridgehead atoms. The normalized spacial score (nSPS) is 15.9. The van der Waals surface area contributed by atoms with Crippen molar-refractivity contribution in [2.75, 3.05) is 11.9 Å². The van der Waals surface area contributed by atoms with Crippen molar-refractivity contribution in [3.63, 3.8) is 0 Å². The molecule has 0 radical (unpaired) electrons. The Kier molecular flexibility index (Phi) is 6.68. The molecule has 0 atom stereocenters. The molecule has 1 heterocycles. The van der Waals surface area contributed by atoms with Gasteiger partial charge < -0.3 is 25.9 Å². The van der Waals surface area contributed by atoms with Gasteiger partial charge in [0.2, 0.25) is 5.96 Å². The Morgan fingerprint density at radius 2 is 1.94 bits per heavy atom. The highest BCUT2D eigenvalue weighted by Gasteiger charge is 2.36. The van der Waals surface area contributed by atoms with Crippen LogP contribution in [0.25, 0.3) is 0 Å². The smallest absolute Gasteiger partial charge is 0.291 e. The first-order chi connectivity index (χ1) is 14.7. The highest BCUT2D eigenvalue weighted by Crippen LogP contribution is 2.39. The van der Waals surface area contributed by atoms with Crippen LogP contribution in [0.4, 0.5) is 5.69 Å². The monoisotopic (exact) mass is 425 g/mol. The molecule has 0 aliphatic heterocycles. The summed E-state index contributed by atoms with van der Waals surface area (Å²) in [7, 11) is 0. The van der Waals surface area contributed by atoms with Crippen LogP contribution in [0.1, 0.15) is 67.5 Å². The quantitative estimate of drug-likeness (QED) is 0.268. The number of hydrogen-bond acceptors (Lipinski definition) is 5. The molecule has 1 aliphatic carbocycles. The zero-order valence-electron chi connectivity index (χ0n) is 18.6. The number of benzene rings is 1. The van der Waals surface area contributed by atoms with E-state index in [4.69, 9.17) is 20.6 Å². The van der Waals surface area contributed by atoms with Gasteiger partial charge in [-0.25, -0.2) is 0 Å². The number of carbonyl (C=O) groups excluding carboxylic acids is 1. The first-order valence-electron chi connectivity index (χ1n) is 10.5. The highest BCUT2D eigenvalue weighted by molar-refractivity contribution is 6.09. The lowest BCUT2D eigenvalue weighted by Gasteiger charge is -2.29. The number of nitrogens with zero attached hydrogens (tertiary/aromatic N) is 2. The summed E-state index contributed by atoms with van der Waals surface area (Å²) in [6.07, 6.45) is 3.46. The number of amides is 1. The minimum absolute atomic E-state index is 0.0869. The Balaban J connectivity index is 1.82. The largest absolute Gasteiger partial charge is 0.494 e. The van der Waals surface area contributed by atoms with Crippen LogP contribution in [0.2, 0.25) is 0 Å². The molecule has 5 N–H and O–H groups in total. The molecule has 0 spiro atoms. The number of guanidine groups is 1. The molecule has 0 unspecified atom stereocenters. The van der Waals surface area contributed by atoms with Crippen molar-refractivity contribution in [2.24, 2.45) is 27.1 Å². The molecular weight excluding hydrogens is 394 g/mol. The van der Waals surface area contributed by atoms with Crippen LogP contribution >= 0.6 is 0 Å². The molecule has 1 aromatic heterocycles. The van der Waals surface area contributed by atoms with Gasteiger partial charge in [0.25, 0.3) is 5.91 Å². The first kappa shape index (κ1) is 22.4. The third kappa shape index (κ3) is 5.45. The number of hydrogen-bond donors (Lipinski definition) is 3. The number of nitrogens with two attached hydrogens (primary N) is 2. The van der Waals surface area contributed by atoms with Gasteiger partial charge in [0.15, 0.2) is 5.76 Å². The van der Waals surface area contributed by atoms with Gasteiger partial charge in [-0.05, 0) is 49.4 Å². The van der Waals surface area contributed by atoms with Crippen LogP contribution in [-0.4, -0.2) is 24.2 Å². The van der Waals surface area contributed by atoms with E-state index in [1.165, 1.54) is 0 Å². The van der Waals surface area contributed by atoms with Crippen molar-refractivity contribution >= 4 is 23.3 Å². The predicted molar refractivity (Wildman–Crippen MR) is 123 cm³/mol.